The number of hydrogen-bond acceptors (Lipinski definition) is 4. The van der Waals surface area contributed by atoms with Crippen LogP contribution in [0.3, 0.4) is 0 Å². The Kier molecular flexibility index (Phi) is 3.46. The third kappa shape index (κ3) is 2.87. The number of carboxylic acid groups (broad SMARTS) is 1. The van der Waals surface area contributed by atoms with E-state index >= 15 is 0 Å². The number of carboxylic acids is 1. The third-order valence-corrected chi connectivity index (χ3v) is 2.91. The fraction of sp³-hybridized carbons (Fsp3) is 0.500. The van der Waals surface area contributed by atoms with Crippen molar-refractivity contribution in [3.8, 4) is 0 Å². The van der Waals surface area contributed by atoms with Crippen LogP contribution >= 0.6 is 0 Å². The Morgan fingerprint density at radius 3 is 3.06 bits per heavy atom. The van der Waals surface area contributed by atoms with Gasteiger partial charge in [-0.1, -0.05) is 0 Å². The lowest BCUT2D eigenvalue weighted by atomic mass is 9.98. The van der Waals surface area contributed by atoms with E-state index in [0.717, 1.165) is 24.7 Å². The number of furan rings is 1. The highest BCUT2D eigenvalue weighted by Gasteiger charge is 2.26. The van der Waals surface area contributed by atoms with Crippen LogP contribution in [0.5, 0.6) is 0 Å². The van der Waals surface area contributed by atoms with Crippen LogP contribution in [-0.4, -0.2) is 41.9 Å². The fourth-order valence-corrected chi connectivity index (χ4v) is 2.13. The zero-order valence-electron chi connectivity index (χ0n) is 9.80. The Morgan fingerprint density at radius 2 is 2.53 bits per heavy atom. The van der Waals surface area contributed by atoms with Crippen LogP contribution in [0, 0.1) is 5.92 Å². The molecular weight excluding hydrogens is 220 g/mol. The lowest BCUT2D eigenvalue weighted by Crippen LogP contribution is -2.32. The molecule has 0 amide bonds. The van der Waals surface area contributed by atoms with Crippen LogP contribution in [0.1, 0.15) is 12.2 Å². The average molecular weight is 236 g/mol. The average Bonchev–Trinajstić information content (AvgIpc) is 2.87. The van der Waals surface area contributed by atoms with Gasteiger partial charge in [0.1, 0.15) is 11.6 Å². The van der Waals surface area contributed by atoms with Crippen molar-refractivity contribution in [2.45, 2.75) is 12.8 Å². The molecule has 1 aromatic heterocycles. The second-order valence-corrected chi connectivity index (χ2v) is 4.24. The van der Waals surface area contributed by atoms with Gasteiger partial charge in [0.15, 0.2) is 0 Å². The summed E-state index contributed by atoms with van der Waals surface area (Å²) in [5, 5.41) is 8.95. The molecule has 0 aromatic carbocycles. The van der Waals surface area contributed by atoms with E-state index in [1.54, 1.807) is 6.26 Å². The van der Waals surface area contributed by atoms with Crippen LogP contribution in [0.25, 0.3) is 0 Å². The fourth-order valence-electron chi connectivity index (χ4n) is 2.13. The first-order chi connectivity index (χ1) is 8.16. The number of aliphatic imine (C=N–C) groups is 1. The van der Waals surface area contributed by atoms with E-state index in [9.17, 15) is 4.79 Å². The zero-order chi connectivity index (χ0) is 12.3. The first-order valence-electron chi connectivity index (χ1n) is 5.66. The summed E-state index contributed by atoms with van der Waals surface area (Å²) in [6.07, 6.45) is 2.28. The van der Waals surface area contributed by atoms with Gasteiger partial charge in [0.05, 0.1) is 19.2 Å². The third-order valence-electron chi connectivity index (χ3n) is 2.91. The van der Waals surface area contributed by atoms with Gasteiger partial charge in [0.2, 0.25) is 0 Å². The van der Waals surface area contributed by atoms with E-state index < -0.39 is 5.97 Å². The molecule has 5 heteroatoms. The molecule has 17 heavy (non-hydrogen) atoms. The summed E-state index contributed by atoms with van der Waals surface area (Å²) >= 11 is 0. The molecule has 2 rings (SSSR count). The second kappa shape index (κ2) is 5.03. The van der Waals surface area contributed by atoms with E-state index in [4.69, 9.17) is 9.52 Å². The number of carbonyl (C=O) groups is 1. The van der Waals surface area contributed by atoms with Gasteiger partial charge in [-0.2, -0.15) is 0 Å². The molecule has 0 aliphatic carbocycles. The number of nitrogens with zero attached hydrogens (tertiary/aromatic N) is 2. The van der Waals surface area contributed by atoms with Gasteiger partial charge >= 0.3 is 5.97 Å². The Morgan fingerprint density at radius 1 is 1.71 bits per heavy atom. The van der Waals surface area contributed by atoms with Crippen LogP contribution in [-0.2, 0) is 11.2 Å². The molecular formula is C12H16N2O3. The number of rotatable bonds is 5. The minimum atomic E-state index is -0.801. The summed E-state index contributed by atoms with van der Waals surface area (Å²) in [7, 11) is 1.95. The quantitative estimate of drug-likeness (QED) is 0.835. The van der Waals surface area contributed by atoms with E-state index in [1.165, 1.54) is 0 Å². The summed E-state index contributed by atoms with van der Waals surface area (Å²) in [5.74, 6) is 0.777. The lowest BCUT2D eigenvalue weighted by Gasteiger charge is -2.21. The van der Waals surface area contributed by atoms with Crippen LogP contribution in [0.4, 0.5) is 0 Å². The van der Waals surface area contributed by atoms with Gasteiger partial charge in [-0.3, -0.25) is 9.79 Å². The highest BCUT2D eigenvalue weighted by atomic mass is 16.4. The molecule has 0 saturated carbocycles. The Hall–Kier alpha value is -1.78. The van der Waals surface area contributed by atoms with Crippen molar-refractivity contribution in [2.24, 2.45) is 10.9 Å². The van der Waals surface area contributed by atoms with Crippen molar-refractivity contribution < 1.29 is 14.3 Å². The van der Waals surface area contributed by atoms with Crippen molar-refractivity contribution in [1.82, 2.24) is 4.90 Å². The van der Waals surface area contributed by atoms with Crippen LogP contribution in [0.15, 0.2) is 27.8 Å². The molecule has 1 atom stereocenters. The van der Waals surface area contributed by atoms with Crippen molar-refractivity contribution in [2.75, 3.05) is 20.1 Å². The van der Waals surface area contributed by atoms with E-state index in [2.05, 4.69) is 4.99 Å². The molecule has 0 bridgehead atoms. The Labute approximate surface area is 99.8 Å². The molecule has 0 fully saturated rings. The molecule has 1 aliphatic heterocycles. The second-order valence-electron chi connectivity index (χ2n) is 4.24. The minimum Gasteiger partial charge on any atom is -0.481 e. The molecule has 0 radical (unpaired) electrons. The predicted molar refractivity (Wildman–Crippen MR) is 63.1 cm³/mol. The largest absolute Gasteiger partial charge is 0.481 e. The van der Waals surface area contributed by atoms with Crippen LogP contribution in [0.2, 0.25) is 0 Å². The van der Waals surface area contributed by atoms with Crippen LogP contribution < -0.4 is 0 Å². The molecule has 1 aromatic rings. The number of amidine groups is 1. The van der Waals surface area contributed by atoms with Gasteiger partial charge in [-0.15, -0.1) is 0 Å². The molecule has 0 saturated heterocycles. The molecule has 92 valence electrons. The highest BCUT2D eigenvalue weighted by Crippen LogP contribution is 2.19. The van der Waals surface area contributed by atoms with E-state index in [-0.39, 0.29) is 12.3 Å². The predicted octanol–water partition coefficient (Wildman–Crippen LogP) is 1.26. The molecule has 2 heterocycles. The Bertz CT molecular complexity index is 411. The summed E-state index contributed by atoms with van der Waals surface area (Å²) in [4.78, 5) is 17.3. The summed E-state index contributed by atoms with van der Waals surface area (Å²) in [5.41, 5.74) is 0. The first kappa shape index (κ1) is 11.7. The Balaban J connectivity index is 2.10. The molecule has 1 unspecified atom stereocenters. The lowest BCUT2D eigenvalue weighted by molar-refractivity contribution is -0.137. The summed E-state index contributed by atoms with van der Waals surface area (Å²) < 4.78 is 5.27. The maximum Gasteiger partial charge on any atom is 0.304 e. The highest BCUT2D eigenvalue weighted by molar-refractivity contribution is 5.88. The minimum absolute atomic E-state index is 0.0872. The standard InChI is InChI=1S/C12H16N2O3/c1-14-5-4-13-12(14)9(8-11(15)16)7-10-3-2-6-17-10/h2-3,6,9H,4-5,7-8H2,1H3,(H,15,16). The summed E-state index contributed by atoms with van der Waals surface area (Å²) in [6, 6.07) is 3.68. The van der Waals surface area contributed by atoms with Gasteiger partial charge in [0, 0.05) is 25.9 Å². The van der Waals surface area contributed by atoms with Gasteiger partial charge < -0.3 is 14.4 Å². The van der Waals surface area contributed by atoms with Crippen molar-refractivity contribution >= 4 is 11.8 Å². The van der Waals surface area contributed by atoms with E-state index in [1.807, 2.05) is 24.1 Å². The van der Waals surface area contributed by atoms with Crippen molar-refractivity contribution in [3.63, 3.8) is 0 Å². The normalized spacial score (nSPS) is 17.0. The van der Waals surface area contributed by atoms with Crippen molar-refractivity contribution in [1.29, 1.82) is 0 Å². The molecule has 0 spiro atoms. The first-order valence-corrected chi connectivity index (χ1v) is 5.66. The maximum atomic E-state index is 10.9. The van der Waals surface area contributed by atoms with Crippen molar-refractivity contribution in [3.05, 3.63) is 24.2 Å². The molecule has 1 aliphatic rings. The van der Waals surface area contributed by atoms with Gasteiger partial charge in [-0.05, 0) is 12.1 Å². The maximum absolute atomic E-state index is 10.9. The van der Waals surface area contributed by atoms with Gasteiger partial charge in [-0.25, -0.2) is 0 Å². The molecule has 1 N–H and O–H groups in total. The molecule has 5 nitrogen and oxygen atoms in total. The SMILES string of the molecule is CN1CCN=C1C(CC(=O)O)Cc1ccco1. The topological polar surface area (TPSA) is 66.0 Å². The van der Waals surface area contributed by atoms with E-state index in [0.29, 0.717) is 6.42 Å². The number of likely N-dealkylation sites (N-methyl/N-ethyl adjacent to an activating group) is 1. The summed E-state index contributed by atoms with van der Waals surface area (Å²) in [6.45, 7) is 1.61. The zero-order valence-corrected chi connectivity index (χ0v) is 9.80. The van der Waals surface area contributed by atoms with Gasteiger partial charge in [0.25, 0.3) is 0 Å². The smallest absolute Gasteiger partial charge is 0.304 e. The number of aliphatic carboxylic acids is 1. The number of hydrogen-bond donors (Lipinski definition) is 1. The monoisotopic (exact) mass is 236 g/mol.